The van der Waals surface area contributed by atoms with Crippen LogP contribution in [0.15, 0.2) is 46.5 Å². The lowest BCUT2D eigenvalue weighted by Crippen LogP contribution is -1.90. The molecular formula is C12H8FN3S. The van der Waals surface area contributed by atoms with Gasteiger partial charge in [-0.3, -0.25) is 4.98 Å². The largest absolute Gasteiger partial charge is 0.397 e. The molecule has 0 saturated heterocycles. The summed E-state index contributed by atoms with van der Waals surface area (Å²) in [6, 6.07) is 7.95. The first-order chi connectivity index (χ1) is 8.20. The molecule has 0 unspecified atom stereocenters. The van der Waals surface area contributed by atoms with Gasteiger partial charge in [0.1, 0.15) is 5.82 Å². The monoisotopic (exact) mass is 245 g/mol. The summed E-state index contributed by atoms with van der Waals surface area (Å²) in [6.07, 6.45) is 3.12. The summed E-state index contributed by atoms with van der Waals surface area (Å²) in [4.78, 5) is 5.03. The van der Waals surface area contributed by atoms with Crippen molar-refractivity contribution in [1.82, 2.24) is 4.98 Å². The SMILES string of the molecule is N#Cc1ccc(Sc2ccncc2N)c(F)c1. The molecule has 0 spiro atoms. The number of hydrogen-bond donors (Lipinski definition) is 1. The average Bonchev–Trinajstić information content (AvgIpc) is 2.34. The van der Waals surface area contributed by atoms with E-state index in [9.17, 15) is 4.39 Å². The van der Waals surface area contributed by atoms with Gasteiger partial charge < -0.3 is 5.73 Å². The number of hydrogen-bond acceptors (Lipinski definition) is 4. The zero-order valence-electron chi connectivity index (χ0n) is 8.72. The van der Waals surface area contributed by atoms with Gasteiger partial charge in [0.15, 0.2) is 0 Å². The van der Waals surface area contributed by atoms with Gasteiger partial charge in [0.05, 0.1) is 23.5 Å². The second-order valence-corrected chi connectivity index (χ2v) is 4.36. The lowest BCUT2D eigenvalue weighted by molar-refractivity contribution is 0.601. The van der Waals surface area contributed by atoms with Crippen LogP contribution in [-0.4, -0.2) is 4.98 Å². The minimum absolute atomic E-state index is 0.301. The van der Waals surface area contributed by atoms with Crippen molar-refractivity contribution >= 4 is 17.4 Å². The highest BCUT2D eigenvalue weighted by Crippen LogP contribution is 2.33. The third-order valence-electron chi connectivity index (χ3n) is 2.09. The minimum atomic E-state index is -0.426. The average molecular weight is 245 g/mol. The first-order valence-electron chi connectivity index (χ1n) is 4.77. The van der Waals surface area contributed by atoms with E-state index in [0.717, 1.165) is 4.90 Å². The van der Waals surface area contributed by atoms with E-state index in [1.165, 1.54) is 24.0 Å². The van der Waals surface area contributed by atoms with E-state index < -0.39 is 5.82 Å². The molecule has 3 nitrogen and oxygen atoms in total. The van der Waals surface area contributed by atoms with Crippen molar-refractivity contribution in [3.8, 4) is 6.07 Å². The number of benzene rings is 1. The summed E-state index contributed by atoms with van der Waals surface area (Å²) in [7, 11) is 0. The first kappa shape index (κ1) is 11.4. The highest BCUT2D eigenvalue weighted by molar-refractivity contribution is 7.99. The molecule has 1 aromatic heterocycles. The maximum atomic E-state index is 13.6. The second kappa shape index (κ2) is 4.85. The maximum absolute atomic E-state index is 13.6. The number of nitriles is 1. The summed E-state index contributed by atoms with van der Waals surface area (Å²) >= 11 is 1.21. The van der Waals surface area contributed by atoms with Crippen LogP contribution in [0.4, 0.5) is 10.1 Å². The molecule has 2 aromatic rings. The number of rotatable bonds is 2. The van der Waals surface area contributed by atoms with E-state index >= 15 is 0 Å². The van der Waals surface area contributed by atoms with Crippen molar-refractivity contribution < 1.29 is 4.39 Å². The fourth-order valence-electron chi connectivity index (χ4n) is 1.26. The van der Waals surface area contributed by atoms with Crippen LogP contribution in [-0.2, 0) is 0 Å². The Morgan fingerprint density at radius 3 is 2.76 bits per heavy atom. The Kier molecular flexibility index (Phi) is 3.26. The van der Waals surface area contributed by atoms with E-state index in [1.807, 2.05) is 6.07 Å². The van der Waals surface area contributed by atoms with Crippen LogP contribution in [0, 0.1) is 17.1 Å². The lowest BCUT2D eigenvalue weighted by atomic mass is 10.2. The fraction of sp³-hybridized carbons (Fsp3) is 0. The molecule has 17 heavy (non-hydrogen) atoms. The predicted molar refractivity (Wildman–Crippen MR) is 63.9 cm³/mol. The fourth-order valence-corrected chi connectivity index (χ4v) is 2.09. The van der Waals surface area contributed by atoms with Gasteiger partial charge in [-0.15, -0.1) is 0 Å². The molecule has 0 fully saturated rings. The number of halogens is 1. The highest BCUT2D eigenvalue weighted by Gasteiger charge is 2.07. The quantitative estimate of drug-likeness (QED) is 0.883. The van der Waals surface area contributed by atoms with Crippen LogP contribution in [0.25, 0.3) is 0 Å². The van der Waals surface area contributed by atoms with Crippen molar-refractivity contribution in [2.24, 2.45) is 0 Å². The Morgan fingerprint density at radius 2 is 2.12 bits per heavy atom. The van der Waals surface area contributed by atoms with E-state index in [2.05, 4.69) is 4.98 Å². The van der Waals surface area contributed by atoms with Crippen LogP contribution < -0.4 is 5.73 Å². The number of nitrogens with two attached hydrogens (primary N) is 1. The summed E-state index contributed by atoms with van der Waals surface area (Å²) < 4.78 is 13.6. The molecule has 0 aliphatic rings. The minimum Gasteiger partial charge on any atom is -0.397 e. The van der Waals surface area contributed by atoms with Crippen molar-refractivity contribution in [1.29, 1.82) is 5.26 Å². The van der Waals surface area contributed by atoms with Gasteiger partial charge in [0.25, 0.3) is 0 Å². The topological polar surface area (TPSA) is 62.7 Å². The van der Waals surface area contributed by atoms with Gasteiger partial charge in [-0.2, -0.15) is 5.26 Å². The number of nitrogens with zero attached hydrogens (tertiary/aromatic N) is 2. The molecule has 2 N–H and O–H groups in total. The van der Waals surface area contributed by atoms with Crippen LogP contribution in [0.5, 0.6) is 0 Å². The Labute approximate surface area is 102 Å². The molecule has 0 amide bonds. The Balaban J connectivity index is 2.32. The van der Waals surface area contributed by atoms with Crippen LogP contribution in [0.1, 0.15) is 5.56 Å². The summed E-state index contributed by atoms with van der Waals surface area (Å²) in [5.41, 5.74) is 6.52. The van der Waals surface area contributed by atoms with Crippen LogP contribution in [0.3, 0.4) is 0 Å². The van der Waals surface area contributed by atoms with E-state index in [-0.39, 0.29) is 0 Å². The van der Waals surface area contributed by atoms with Crippen LogP contribution in [0.2, 0.25) is 0 Å². The molecule has 0 bridgehead atoms. The van der Waals surface area contributed by atoms with Crippen molar-refractivity contribution in [3.63, 3.8) is 0 Å². The number of anilines is 1. The summed E-state index contributed by atoms with van der Waals surface area (Å²) in [6.45, 7) is 0. The molecule has 2 rings (SSSR count). The second-order valence-electron chi connectivity index (χ2n) is 3.27. The molecule has 5 heteroatoms. The zero-order valence-corrected chi connectivity index (χ0v) is 9.54. The van der Waals surface area contributed by atoms with Gasteiger partial charge in [-0.05, 0) is 24.3 Å². The number of aromatic nitrogens is 1. The van der Waals surface area contributed by atoms with Gasteiger partial charge in [-0.1, -0.05) is 11.8 Å². The lowest BCUT2D eigenvalue weighted by Gasteiger charge is -2.05. The van der Waals surface area contributed by atoms with E-state index in [0.29, 0.717) is 16.1 Å². The highest BCUT2D eigenvalue weighted by atomic mass is 32.2. The summed E-state index contributed by atoms with van der Waals surface area (Å²) in [5, 5.41) is 8.64. The Morgan fingerprint density at radius 1 is 1.29 bits per heavy atom. The molecule has 0 saturated carbocycles. The van der Waals surface area contributed by atoms with Crippen molar-refractivity contribution in [3.05, 3.63) is 48.0 Å². The maximum Gasteiger partial charge on any atom is 0.138 e. The number of nitrogen functional groups attached to an aromatic ring is 1. The van der Waals surface area contributed by atoms with Gasteiger partial charge in [0.2, 0.25) is 0 Å². The molecule has 0 aliphatic heterocycles. The van der Waals surface area contributed by atoms with Crippen molar-refractivity contribution in [2.75, 3.05) is 5.73 Å². The third kappa shape index (κ3) is 2.55. The van der Waals surface area contributed by atoms with Gasteiger partial charge >= 0.3 is 0 Å². The standard InChI is InChI=1S/C12H8FN3S/c13-9-5-8(6-14)1-2-11(9)17-12-3-4-16-7-10(12)15/h1-5,7H,15H2. The third-order valence-corrected chi connectivity index (χ3v) is 3.23. The Bertz CT molecular complexity index is 593. The molecular weight excluding hydrogens is 237 g/mol. The number of pyridine rings is 1. The first-order valence-corrected chi connectivity index (χ1v) is 5.59. The molecule has 84 valence electrons. The summed E-state index contributed by atoms with van der Waals surface area (Å²) in [5.74, 6) is -0.426. The normalized spacial score (nSPS) is 9.88. The van der Waals surface area contributed by atoms with Gasteiger partial charge in [-0.25, -0.2) is 4.39 Å². The molecule has 0 aliphatic carbocycles. The van der Waals surface area contributed by atoms with Crippen molar-refractivity contribution in [2.45, 2.75) is 9.79 Å². The Hall–Kier alpha value is -2.06. The van der Waals surface area contributed by atoms with E-state index in [4.69, 9.17) is 11.0 Å². The van der Waals surface area contributed by atoms with Crippen LogP contribution >= 0.6 is 11.8 Å². The zero-order chi connectivity index (χ0) is 12.3. The van der Waals surface area contributed by atoms with Gasteiger partial charge in [0, 0.05) is 16.0 Å². The van der Waals surface area contributed by atoms with E-state index in [1.54, 1.807) is 24.4 Å². The molecule has 0 atom stereocenters. The molecule has 1 heterocycles. The molecule has 1 aromatic carbocycles. The molecule has 0 radical (unpaired) electrons. The smallest absolute Gasteiger partial charge is 0.138 e. The predicted octanol–water partition coefficient (Wildman–Crippen LogP) is 2.83.